The van der Waals surface area contributed by atoms with Gasteiger partial charge in [-0.25, -0.2) is 0 Å². The highest BCUT2D eigenvalue weighted by Gasteiger charge is 2.53. The molecule has 0 aromatic carbocycles. The van der Waals surface area contributed by atoms with Gasteiger partial charge in [-0.15, -0.1) is 11.8 Å². The molecule has 1 atom stereocenters. The van der Waals surface area contributed by atoms with Crippen LogP contribution in [0.15, 0.2) is 17.3 Å². The zero-order chi connectivity index (χ0) is 13.5. The van der Waals surface area contributed by atoms with E-state index in [1.165, 1.54) is 0 Å². The smallest absolute Gasteiger partial charge is 0.325 e. The highest BCUT2D eigenvalue weighted by atomic mass is 32.2. The second kappa shape index (κ2) is 4.83. The van der Waals surface area contributed by atoms with Crippen LogP contribution in [-0.2, 0) is 11.8 Å². The average molecular weight is 281 g/mol. The third-order valence-corrected chi connectivity index (χ3v) is 4.99. The zero-order valence-corrected chi connectivity index (χ0v) is 11.8. The number of carboxylic acids is 1. The van der Waals surface area contributed by atoms with Gasteiger partial charge < -0.3 is 5.11 Å². The van der Waals surface area contributed by atoms with Gasteiger partial charge in [-0.2, -0.15) is 5.10 Å². The number of carbonyl (C=O) groups is 1. The summed E-state index contributed by atoms with van der Waals surface area (Å²) in [6, 6.07) is 0.409. The van der Waals surface area contributed by atoms with Gasteiger partial charge in [0.15, 0.2) is 0 Å². The van der Waals surface area contributed by atoms with Crippen molar-refractivity contribution in [3.05, 3.63) is 12.4 Å². The monoisotopic (exact) mass is 281 g/mol. The summed E-state index contributed by atoms with van der Waals surface area (Å²) in [7, 11) is 1.87. The standard InChI is InChI=1S/C13H19N3O2S/c1-16-7-11(6-14-16)19-8-13(12(17)18,9-2-3-9)15-10-4-5-10/h6-7,9-10,15H,2-5,8H2,1H3,(H,17,18). The summed E-state index contributed by atoms with van der Waals surface area (Å²) >= 11 is 1.59. The second-order valence-corrected chi connectivity index (χ2v) is 6.66. The lowest BCUT2D eigenvalue weighted by Crippen LogP contribution is -2.57. The first-order valence-corrected chi connectivity index (χ1v) is 7.71. The van der Waals surface area contributed by atoms with E-state index < -0.39 is 11.5 Å². The molecule has 1 heterocycles. The first-order valence-electron chi connectivity index (χ1n) is 6.73. The van der Waals surface area contributed by atoms with Gasteiger partial charge in [0.2, 0.25) is 0 Å². The fraction of sp³-hybridized carbons (Fsp3) is 0.692. The average Bonchev–Trinajstić information content (AvgIpc) is 3.25. The topological polar surface area (TPSA) is 67.2 Å². The van der Waals surface area contributed by atoms with E-state index in [2.05, 4.69) is 10.4 Å². The summed E-state index contributed by atoms with van der Waals surface area (Å²) < 4.78 is 1.75. The van der Waals surface area contributed by atoms with Crippen molar-refractivity contribution in [3.8, 4) is 0 Å². The molecule has 2 aliphatic rings. The van der Waals surface area contributed by atoms with E-state index in [0.717, 1.165) is 30.6 Å². The summed E-state index contributed by atoms with van der Waals surface area (Å²) in [6.07, 6.45) is 8.00. The van der Waals surface area contributed by atoms with Gasteiger partial charge in [-0.1, -0.05) is 0 Å². The molecule has 1 unspecified atom stereocenters. The lowest BCUT2D eigenvalue weighted by atomic mass is 9.95. The van der Waals surface area contributed by atoms with Gasteiger partial charge in [-0.3, -0.25) is 14.8 Å². The van der Waals surface area contributed by atoms with E-state index in [4.69, 9.17) is 0 Å². The predicted octanol–water partition coefficient (Wildman–Crippen LogP) is 1.50. The Morgan fingerprint density at radius 3 is 2.79 bits per heavy atom. The zero-order valence-electron chi connectivity index (χ0n) is 11.0. The van der Waals surface area contributed by atoms with Crippen LogP contribution in [0.25, 0.3) is 0 Å². The minimum Gasteiger partial charge on any atom is -0.480 e. The molecule has 0 aliphatic heterocycles. The number of carboxylic acid groups (broad SMARTS) is 1. The Morgan fingerprint density at radius 2 is 2.32 bits per heavy atom. The van der Waals surface area contributed by atoms with Crippen LogP contribution in [0.5, 0.6) is 0 Å². The quantitative estimate of drug-likeness (QED) is 0.741. The number of aliphatic carboxylic acids is 1. The number of thioether (sulfide) groups is 1. The molecule has 2 fully saturated rings. The van der Waals surface area contributed by atoms with Gasteiger partial charge in [0.25, 0.3) is 0 Å². The van der Waals surface area contributed by atoms with Gasteiger partial charge >= 0.3 is 5.97 Å². The molecule has 5 nitrogen and oxygen atoms in total. The molecule has 0 amide bonds. The molecule has 0 spiro atoms. The second-order valence-electron chi connectivity index (χ2n) is 5.61. The molecule has 1 aromatic heterocycles. The van der Waals surface area contributed by atoms with Crippen LogP contribution in [0, 0.1) is 5.92 Å². The Kier molecular flexibility index (Phi) is 3.30. The fourth-order valence-electron chi connectivity index (χ4n) is 2.41. The normalized spacial score (nSPS) is 22.2. The predicted molar refractivity (Wildman–Crippen MR) is 73.2 cm³/mol. The fourth-order valence-corrected chi connectivity index (χ4v) is 3.60. The molecule has 1 aromatic rings. The van der Waals surface area contributed by atoms with Crippen molar-refractivity contribution >= 4 is 17.7 Å². The maximum absolute atomic E-state index is 11.8. The largest absolute Gasteiger partial charge is 0.480 e. The van der Waals surface area contributed by atoms with Crippen molar-refractivity contribution in [3.63, 3.8) is 0 Å². The number of nitrogens with one attached hydrogen (secondary N) is 1. The molecule has 0 bridgehead atoms. The molecule has 104 valence electrons. The van der Waals surface area contributed by atoms with E-state index >= 15 is 0 Å². The van der Waals surface area contributed by atoms with E-state index in [-0.39, 0.29) is 5.92 Å². The Labute approximate surface area is 116 Å². The molecule has 2 aliphatic carbocycles. The minimum absolute atomic E-state index is 0.287. The number of nitrogens with zero attached hydrogens (tertiary/aromatic N) is 2. The van der Waals surface area contributed by atoms with Crippen LogP contribution in [0.1, 0.15) is 25.7 Å². The van der Waals surface area contributed by atoms with Crippen LogP contribution >= 0.6 is 11.8 Å². The van der Waals surface area contributed by atoms with Crippen molar-refractivity contribution in [2.75, 3.05) is 5.75 Å². The van der Waals surface area contributed by atoms with Crippen LogP contribution < -0.4 is 5.32 Å². The first kappa shape index (κ1) is 13.0. The van der Waals surface area contributed by atoms with Gasteiger partial charge in [-0.05, 0) is 31.6 Å². The number of aryl methyl sites for hydroxylation is 1. The molecule has 0 saturated heterocycles. The molecule has 0 radical (unpaired) electrons. The molecular weight excluding hydrogens is 262 g/mol. The molecule has 19 heavy (non-hydrogen) atoms. The van der Waals surface area contributed by atoms with Gasteiger partial charge in [0, 0.05) is 29.9 Å². The van der Waals surface area contributed by atoms with E-state index in [0.29, 0.717) is 11.8 Å². The third kappa shape index (κ3) is 2.79. The number of aromatic nitrogens is 2. The summed E-state index contributed by atoms with van der Waals surface area (Å²) in [5, 5.41) is 17.2. The SMILES string of the molecule is Cn1cc(SCC(NC2CC2)(C(=O)O)C2CC2)cn1. The molecule has 3 rings (SSSR count). The summed E-state index contributed by atoms with van der Waals surface area (Å²) in [5.41, 5.74) is -0.748. The van der Waals surface area contributed by atoms with Crippen molar-refractivity contribution in [1.29, 1.82) is 0 Å². The molecular formula is C13H19N3O2S. The van der Waals surface area contributed by atoms with Crippen molar-refractivity contribution in [1.82, 2.24) is 15.1 Å². The van der Waals surface area contributed by atoms with Crippen LogP contribution in [0.3, 0.4) is 0 Å². The molecule has 6 heteroatoms. The van der Waals surface area contributed by atoms with Crippen LogP contribution in [-0.4, -0.2) is 38.2 Å². The lowest BCUT2D eigenvalue weighted by Gasteiger charge is -2.30. The third-order valence-electron chi connectivity index (χ3n) is 3.84. The summed E-state index contributed by atoms with van der Waals surface area (Å²) in [4.78, 5) is 12.8. The highest BCUT2D eigenvalue weighted by molar-refractivity contribution is 7.99. The Bertz CT molecular complexity index is 482. The van der Waals surface area contributed by atoms with Crippen molar-refractivity contribution in [2.24, 2.45) is 13.0 Å². The maximum atomic E-state index is 11.8. The Balaban J connectivity index is 1.72. The lowest BCUT2D eigenvalue weighted by molar-refractivity contribution is -0.145. The summed E-state index contributed by atoms with van der Waals surface area (Å²) in [5.74, 6) is 0.169. The Morgan fingerprint density at radius 1 is 1.58 bits per heavy atom. The van der Waals surface area contributed by atoms with E-state index in [1.807, 2.05) is 13.2 Å². The van der Waals surface area contributed by atoms with Gasteiger partial charge in [0.1, 0.15) is 5.54 Å². The van der Waals surface area contributed by atoms with Gasteiger partial charge in [0.05, 0.1) is 6.20 Å². The minimum atomic E-state index is -0.748. The summed E-state index contributed by atoms with van der Waals surface area (Å²) in [6.45, 7) is 0. The Hall–Kier alpha value is -1.01. The van der Waals surface area contributed by atoms with Crippen molar-refractivity contribution < 1.29 is 9.90 Å². The number of hydrogen-bond donors (Lipinski definition) is 2. The first-order chi connectivity index (χ1) is 9.10. The number of hydrogen-bond acceptors (Lipinski definition) is 4. The highest BCUT2D eigenvalue weighted by Crippen LogP contribution is 2.44. The maximum Gasteiger partial charge on any atom is 0.325 e. The van der Waals surface area contributed by atoms with E-state index in [9.17, 15) is 9.90 Å². The molecule has 2 saturated carbocycles. The van der Waals surface area contributed by atoms with Crippen LogP contribution in [0.4, 0.5) is 0 Å². The number of rotatable bonds is 7. The van der Waals surface area contributed by atoms with Crippen LogP contribution in [0.2, 0.25) is 0 Å². The van der Waals surface area contributed by atoms with Crippen molar-refractivity contribution in [2.45, 2.75) is 42.2 Å². The van der Waals surface area contributed by atoms with E-state index in [1.54, 1.807) is 22.6 Å². The molecule has 2 N–H and O–H groups in total.